The lowest BCUT2D eigenvalue weighted by atomic mass is 10.1. The largest absolute Gasteiger partial charge is 0.480 e. The lowest BCUT2D eigenvalue weighted by molar-refractivity contribution is -0.143. The molecule has 1 rings (SSSR count). The van der Waals surface area contributed by atoms with E-state index in [0.717, 1.165) is 4.90 Å². The van der Waals surface area contributed by atoms with Crippen molar-refractivity contribution in [3.63, 3.8) is 0 Å². The van der Waals surface area contributed by atoms with Crippen LogP contribution in [0, 0.1) is 0 Å². The molecule has 1 aliphatic rings. The van der Waals surface area contributed by atoms with E-state index in [1.165, 1.54) is 7.11 Å². The molecule has 4 amide bonds. The molecule has 1 aliphatic heterocycles. The summed E-state index contributed by atoms with van der Waals surface area (Å²) in [6.07, 6.45) is -0.178. The van der Waals surface area contributed by atoms with Crippen LogP contribution in [0.3, 0.4) is 0 Å². The molecule has 1 saturated heterocycles. The Morgan fingerprint density at radius 1 is 1.43 bits per heavy atom. The fourth-order valence-electron chi connectivity index (χ4n) is 1.84. The first kappa shape index (κ1) is 16.9. The minimum Gasteiger partial charge on any atom is -0.480 e. The molecule has 0 aromatic carbocycles. The molecule has 0 aromatic rings. The average molecular weight is 301 g/mol. The maximum Gasteiger partial charge on any atom is 0.328 e. The maximum absolute atomic E-state index is 11.9. The number of carboxylic acids is 1. The highest BCUT2D eigenvalue weighted by Gasteiger charge is 2.44. The van der Waals surface area contributed by atoms with Crippen LogP contribution in [0.2, 0.25) is 0 Å². The van der Waals surface area contributed by atoms with E-state index in [9.17, 15) is 19.2 Å². The van der Waals surface area contributed by atoms with Gasteiger partial charge in [-0.1, -0.05) is 0 Å². The topological polar surface area (TPSA) is 125 Å². The van der Waals surface area contributed by atoms with Crippen molar-refractivity contribution < 1.29 is 29.0 Å². The van der Waals surface area contributed by atoms with E-state index in [4.69, 9.17) is 5.11 Å². The van der Waals surface area contributed by atoms with Gasteiger partial charge in [0.25, 0.3) is 5.91 Å². The number of hydrogen-bond donors (Lipinski definition) is 3. The minimum atomic E-state index is -1.22. The van der Waals surface area contributed by atoms with Crippen LogP contribution in [0.15, 0.2) is 0 Å². The summed E-state index contributed by atoms with van der Waals surface area (Å²) in [4.78, 5) is 46.9. The van der Waals surface area contributed by atoms with Gasteiger partial charge in [-0.25, -0.2) is 9.59 Å². The number of amides is 4. The van der Waals surface area contributed by atoms with Gasteiger partial charge in [0.15, 0.2) is 6.04 Å². The molecule has 0 aromatic heterocycles. The van der Waals surface area contributed by atoms with Crippen LogP contribution in [-0.2, 0) is 19.1 Å². The van der Waals surface area contributed by atoms with E-state index < -0.39 is 35.4 Å². The second kappa shape index (κ2) is 6.53. The first-order valence-electron chi connectivity index (χ1n) is 6.34. The van der Waals surface area contributed by atoms with Gasteiger partial charge >= 0.3 is 12.0 Å². The summed E-state index contributed by atoms with van der Waals surface area (Å²) in [5, 5.41) is 13.6. The third kappa shape index (κ3) is 4.15. The summed E-state index contributed by atoms with van der Waals surface area (Å²) >= 11 is 0. The van der Waals surface area contributed by atoms with Gasteiger partial charge in [-0.05, 0) is 13.8 Å². The number of hydrogen-bond acceptors (Lipinski definition) is 5. The molecule has 0 aliphatic carbocycles. The summed E-state index contributed by atoms with van der Waals surface area (Å²) in [5.74, 6) is -2.22. The van der Waals surface area contributed by atoms with Gasteiger partial charge in [0.2, 0.25) is 5.91 Å². The Labute approximate surface area is 121 Å². The number of methoxy groups -OCH3 is 1. The number of nitrogens with one attached hydrogen (secondary N) is 2. The Morgan fingerprint density at radius 2 is 2.05 bits per heavy atom. The Morgan fingerprint density at radius 3 is 2.48 bits per heavy atom. The van der Waals surface area contributed by atoms with Crippen LogP contribution in [0.25, 0.3) is 0 Å². The van der Waals surface area contributed by atoms with Gasteiger partial charge in [0.05, 0.1) is 6.61 Å². The van der Waals surface area contributed by atoms with Crippen LogP contribution in [0.4, 0.5) is 4.79 Å². The van der Waals surface area contributed by atoms with E-state index in [-0.39, 0.29) is 19.6 Å². The molecule has 0 radical (unpaired) electrons. The van der Waals surface area contributed by atoms with Crippen LogP contribution in [0.5, 0.6) is 0 Å². The van der Waals surface area contributed by atoms with Crippen molar-refractivity contribution in [2.24, 2.45) is 0 Å². The normalized spacial score (nSPS) is 18.3. The van der Waals surface area contributed by atoms with E-state index in [2.05, 4.69) is 15.4 Å². The van der Waals surface area contributed by atoms with E-state index in [1.807, 2.05) is 0 Å². The zero-order chi connectivity index (χ0) is 16.2. The lowest BCUT2D eigenvalue weighted by Gasteiger charge is -2.17. The van der Waals surface area contributed by atoms with Gasteiger partial charge in [0, 0.05) is 20.1 Å². The smallest absolute Gasteiger partial charge is 0.328 e. The van der Waals surface area contributed by atoms with Gasteiger partial charge < -0.3 is 20.5 Å². The van der Waals surface area contributed by atoms with Crippen molar-refractivity contribution in [1.82, 2.24) is 15.5 Å². The second-order valence-electron chi connectivity index (χ2n) is 5.18. The van der Waals surface area contributed by atoms with E-state index in [1.54, 1.807) is 13.8 Å². The fraction of sp³-hybridized carbons (Fsp3) is 0.667. The predicted octanol–water partition coefficient (Wildman–Crippen LogP) is -1.08. The second-order valence-corrected chi connectivity index (χ2v) is 5.18. The number of nitrogens with zero attached hydrogens (tertiary/aromatic N) is 1. The third-order valence-electron chi connectivity index (χ3n) is 2.97. The Hall–Kier alpha value is -2.16. The summed E-state index contributed by atoms with van der Waals surface area (Å²) in [6.45, 7) is 2.84. The molecule has 9 nitrogen and oxygen atoms in total. The van der Waals surface area contributed by atoms with Gasteiger partial charge in [-0.15, -0.1) is 0 Å². The number of ether oxygens (including phenoxy) is 1. The van der Waals surface area contributed by atoms with E-state index in [0.29, 0.717) is 0 Å². The quantitative estimate of drug-likeness (QED) is 0.514. The molecule has 0 saturated carbocycles. The zero-order valence-electron chi connectivity index (χ0n) is 12.1. The molecule has 9 heteroatoms. The zero-order valence-corrected chi connectivity index (χ0v) is 12.1. The molecule has 21 heavy (non-hydrogen) atoms. The van der Waals surface area contributed by atoms with Crippen molar-refractivity contribution >= 4 is 23.8 Å². The monoisotopic (exact) mass is 301 g/mol. The predicted molar refractivity (Wildman–Crippen MR) is 70.4 cm³/mol. The summed E-state index contributed by atoms with van der Waals surface area (Å²) in [7, 11) is 1.32. The molecule has 1 atom stereocenters. The molecule has 118 valence electrons. The number of carbonyl (C=O) groups is 4. The summed E-state index contributed by atoms with van der Waals surface area (Å²) < 4.78 is 4.68. The highest BCUT2D eigenvalue weighted by Crippen LogP contribution is 2.16. The number of carboxylic acid groups (broad SMARTS) is 1. The van der Waals surface area contributed by atoms with Crippen molar-refractivity contribution in [2.75, 3.05) is 20.3 Å². The van der Waals surface area contributed by atoms with Gasteiger partial charge in [-0.3, -0.25) is 14.5 Å². The van der Waals surface area contributed by atoms with Crippen LogP contribution >= 0.6 is 0 Å². The maximum atomic E-state index is 11.9. The summed E-state index contributed by atoms with van der Waals surface area (Å²) in [6, 6.07) is -1.73. The molecule has 0 spiro atoms. The lowest BCUT2D eigenvalue weighted by Crippen LogP contribution is -2.45. The van der Waals surface area contributed by atoms with Crippen LogP contribution < -0.4 is 10.6 Å². The molecule has 0 bridgehead atoms. The van der Waals surface area contributed by atoms with Crippen molar-refractivity contribution in [3.8, 4) is 0 Å². The third-order valence-corrected chi connectivity index (χ3v) is 2.97. The Bertz CT molecular complexity index is 462. The highest BCUT2D eigenvalue weighted by molar-refractivity contribution is 6.06. The Kier molecular flexibility index (Phi) is 5.25. The highest BCUT2D eigenvalue weighted by atomic mass is 16.5. The average Bonchev–Trinajstić information content (AvgIpc) is 2.56. The number of aliphatic carboxylic acids is 1. The van der Waals surface area contributed by atoms with Gasteiger partial charge in [0.1, 0.15) is 5.54 Å². The Balaban J connectivity index is 2.52. The number of carbonyl (C=O) groups excluding carboxylic acids is 3. The van der Waals surface area contributed by atoms with Crippen LogP contribution in [0.1, 0.15) is 20.3 Å². The molecule has 1 unspecified atom stereocenters. The molecule has 1 fully saturated rings. The minimum absolute atomic E-state index is 0.112. The first-order valence-corrected chi connectivity index (χ1v) is 6.34. The number of rotatable bonds is 7. The van der Waals surface area contributed by atoms with Crippen molar-refractivity contribution in [3.05, 3.63) is 0 Å². The SMILES string of the molecule is COCC(NC(=O)CCN1C(=O)NC(C)(C)C1=O)C(=O)O. The molecule has 1 heterocycles. The summed E-state index contributed by atoms with van der Waals surface area (Å²) in [5.41, 5.74) is -0.993. The standard InChI is InChI=1S/C12H19N3O6/c1-12(2)10(19)15(11(20)14-12)5-4-8(16)13-7(6-21-3)9(17)18/h7H,4-6H2,1-3H3,(H,13,16)(H,14,20)(H,17,18). The van der Waals surface area contributed by atoms with Crippen molar-refractivity contribution in [2.45, 2.75) is 31.8 Å². The number of imide groups is 1. The fourth-order valence-corrected chi connectivity index (χ4v) is 1.84. The molecule has 3 N–H and O–H groups in total. The molecular weight excluding hydrogens is 282 g/mol. The number of urea groups is 1. The first-order chi connectivity index (χ1) is 9.69. The molecular formula is C12H19N3O6. The van der Waals surface area contributed by atoms with Crippen LogP contribution in [-0.4, -0.2) is 65.7 Å². The van der Waals surface area contributed by atoms with Crippen molar-refractivity contribution in [1.29, 1.82) is 0 Å². The van der Waals surface area contributed by atoms with E-state index >= 15 is 0 Å². The van der Waals surface area contributed by atoms with Gasteiger partial charge in [-0.2, -0.15) is 0 Å².